The molecule has 3 rings (SSSR count). The molecule has 311 valence electrons. The number of methoxy groups -OCH3 is 9. The third-order valence-corrected chi connectivity index (χ3v) is 9.05. The molecule has 0 fully saturated rings. The molecule has 0 atom stereocenters. The van der Waals surface area contributed by atoms with Gasteiger partial charge in [-0.3, -0.25) is 0 Å². The third-order valence-electron chi connectivity index (χ3n) is 6.63. The number of carbonyl (C=O) groups excluding carboxylic acids is 3. The molecule has 0 aliphatic carbocycles. The van der Waals surface area contributed by atoms with Crippen molar-refractivity contribution in [3.8, 4) is 34.5 Å². The Bertz CT molecular complexity index is 1770. The zero-order valence-electron chi connectivity index (χ0n) is 32.0. The first-order valence-electron chi connectivity index (χ1n) is 14.9. The number of thiol groups is 1. The van der Waals surface area contributed by atoms with Crippen molar-refractivity contribution in [2.75, 3.05) is 64.0 Å². The second kappa shape index (κ2) is 29.0. The van der Waals surface area contributed by atoms with Crippen LogP contribution in [-0.4, -0.2) is 92.8 Å². The van der Waals surface area contributed by atoms with Gasteiger partial charge in [0.25, 0.3) is 3.25 Å². The fourth-order valence-electron chi connectivity index (χ4n) is 4.19. The van der Waals surface area contributed by atoms with E-state index < -0.39 is 21.2 Å². The summed E-state index contributed by atoms with van der Waals surface area (Å²) in [6.07, 6.45) is 0. The van der Waals surface area contributed by atoms with Gasteiger partial charge in [0.1, 0.15) is 51.2 Å². The summed E-state index contributed by atoms with van der Waals surface area (Å²) in [7, 11) is 17.5. The summed E-state index contributed by atoms with van der Waals surface area (Å²) in [6.45, 7) is 3.60. The molecule has 0 saturated heterocycles. The number of esters is 3. The maximum absolute atomic E-state index is 11.7. The standard InChI is InChI=1S/C11H12Br2O4.C11H13BrO4.C11H14O4.CCl4.BHNS/c1-15-7-4-8(16-2)10(13)6(5-12)9(7)11(14)17-3;1-6-9(11(13)16-4)7(14-2)5-8(15-3)10(6)12;1-7-5-8(13-2)6-9(14-3)10(7)11(12)15-4;2-1(3,4)5;1-2-3/h4H,5H2,1-3H3;5H,1-4H3;5-6H,1-4H3;;3H. The van der Waals surface area contributed by atoms with Crippen LogP contribution in [0.3, 0.4) is 0 Å². The van der Waals surface area contributed by atoms with Gasteiger partial charge in [0.15, 0.2) is 0 Å². The first-order valence-corrected chi connectivity index (χ1v) is 19.5. The molecule has 0 heterocycles. The summed E-state index contributed by atoms with van der Waals surface area (Å²) in [5.41, 5.74) is 3.44. The van der Waals surface area contributed by atoms with Crippen molar-refractivity contribution in [2.45, 2.75) is 22.4 Å². The number of carbonyl (C=O) groups is 3. The molecule has 0 N–H and O–H groups in total. The SMILES string of the molecule is COC(=O)c1c(C)cc(OC)cc1OC.COC(=O)c1c(OC)cc(OC)c(Br)c1C.COC(=O)c1c(OC)cc(OC)c(Br)c1CBr.ClC(Cl)(Cl)Cl.[B]=NS. The molecule has 13 nitrogen and oxygen atoms in total. The summed E-state index contributed by atoms with van der Waals surface area (Å²) in [6, 6.07) is 6.69. The number of aryl methyl sites for hydroxylation is 1. The van der Waals surface area contributed by atoms with Gasteiger partial charge >= 0.3 is 42.7 Å². The van der Waals surface area contributed by atoms with E-state index in [-0.39, 0.29) is 0 Å². The third kappa shape index (κ3) is 18.1. The molecular formula is C34H40BBr3Cl4NO12S. The Kier molecular flexibility index (Phi) is 28.9. The van der Waals surface area contributed by atoms with Crippen molar-refractivity contribution >= 4 is 133 Å². The quantitative estimate of drug-likeness (QED) is 0.0678. The Labute approximate surface area is 378 Å². The number of benzene rings is 3. The van der Waals surface area contributed by atoms with Crippen molar-refractivity contribution in [1.82, 2.24) is 0 Å². The summed E-state index contributed by atoms with van der Waals surface area (Å²) in [5.74, 6) is 1.89. The number of halogens is 7. The van der Waals surface area contributed by atoms with Gasteiger partial charge in [-0.15, -0.1) is 0 Å². The normalized spacial score (nSPS) is 9.68. The van der Waals surface area contributed by atoms with E-state index in [4.69, 9.17) is 84.3 Å². The van der Waals surface area contributed by atoms with Gasteiger partial charge in [-0.25, -0.2) is 14.4 Å². The minimum atomic E-state index is -1.61. The molecule has 0 aliphatic rings. The van der Waals surface area contributed by atoms with E-state index >= 15 is 0 Å². The Hall–Kier alpha value is -2.32. The summed E-state index contributed by atoms with van der Waals surface area (Å²) in [4.78, 5) is 34.8. The summed E-state index contributed by atoms with van der Waals surface area (Å²) >= 11 is 32.6. The minimum absolute atomic E-state index is 0.388. The van der Waals surface area contributed by atoms with Gasteiger partial charge in [-0.05, 0) is 68.5 Å². The van der Waals surface area contributed by atoms with Crippen molar-refractivity contribution < 1.29 is 57.0 Å². The Morgan fingerprint density at radius 1 is 0.625 bits per heavy atom. The van der Waals surface area contributed by atoms with Crippen LogP contribution in [0.1, 0.15) is 47.8 Å². The van der Waals surface area contributed by atoms with Crippen molar-refractivity contribution in [3.05, 3.63) is 66.6 Å². The van der Waals surface area contributed by atoms with Gasteiger partial charge in [-0.2, -0.15) is 0 Å². The van der Waals surface area contributed by atoms with Crippen LogP contribution in [0.5, 0.6) is 34.5 Å². The molecule has 0 spiro atoms. The molecule has 22 heteroatoms. The first-order chi connectivity index (χ1) is 26.2. The second-order valence-corrected chi connectivity index (χ2v) is 15.5. The van der Waals surface area contributed by atoms with Gasteiger partial charge in [0, 0.05) is 23.5 Å². The van der Waals surface area contributed by atoms with E-state index in [0.29, 0.717) is 61.0 Å². The van der Waals surface area contributed by atoms with Crippen LogP contribution >= 0.6 is 107 Å². The number of nitrogens with zero attached hydrogens (tertiary/aromatic N) is 1. The van der Waals surface area contributed by atoms with E-state index in [0.717, 1.165) is 21.2 Å². The fourth-order valence-corrected chi connectivity index (χ4v) is 6.21. The van der Waals surface area contributed by atoms with E-state index in [1.54, 1.807) is 59.4 Å². The van der Waals surface area contributed by atoms with Crippen molar-refractivity contribution in [3.63, 3.8) is 0 Å². The molecule has 0 saturated carbocycles. The topological polar surface area (TPSA) is 147 Å². The predicted octanol–water partition coefficient (Wildman–Crippen LogP) is 10.2. The Morgan fingerprint density at radius 2 is 0.964 bits per heavy atom. The van der Waals surface area contributed by atoms with Crippen LogP contribution in [0.4, 0.5) is 0 Å². The zero-order chi connectivity index (χ0) is 43.9. The Morgan fingerprint density at radius 3 is 1.32 bits per heavy atom. The van der Waals surface area contributed by atoms with E-state index in [9.17, 15) is 14.4 Å². The molecular weight excluding hydrogens is 1040 g/mol. The van der Waals surface area contributed by atoms with Crippen LogP contribution < -0.4 is 28.4 Å². The second-order valence-electron chi connectivity index (χ2n) is 9.72. The molecule has 0 bridgehead atoms. The van der Waals surface area contributed by atoms with Crippen LogP contribution in [-0.2, 0) is 19.5 Å². The van der Waals surface area contributed by atoms with Crippen LogP contribution in [0, 0.1) is 13.8 Å². The first kappa shape index (κ1) is 55.8. The van der Waals surface area contributed by atoms with E-state index in [1.165, 1.54) is 42.7 Å². The molecule has 56 heavy (non-hydrogen) atoms. The number of rotatable bonds is 10. The molecule has 1 radical (unpaired) electrons. The number of ether oxygens (including phenoxy) is 9. The van der Waals surface area contributed by atoms with Gasteiger partial charge in [-0.1, -0.05) is 62.3 Å². The van der Waals surface area contributed by atoms with Gasteiger partial charge in [0.2, 0.25) is 0 Å². The molecule has 0 aromatic heterocycles. The molecule has 3 aromatic carbocycles. The van der Waals surface area contributed by atoms with Crippen molar-refractivity contribution in [1.29, 1.82) is 0 Å². The summed E-state index contributed by atoms with van der Waals surface area (Å²) < 4.78 is 47.5. The monoisotopic (exact) mass is 1070 g/mol. The van der Waals surface area contributed by atoms with E-state index in [1.807, 2.05) is 0 Å². The number of alkyl halides is 5. The maximum atomic E-state index is 11.7. The zero-order valence-corrected chi connectivity index (χ0v) is 40.7. The molecule has 0 unspecified atom stereocenters. The number of hydrogen-bond donors (Lipinski definition) is 1. The fraction of sp³-hybridized carbons (Fsp3) is 0.382. The predicted molar refractivity (Wildman–Crippen MR) is 233 cm³/mol. The van der Waals surface area contributed by atoms with Crippen LogP contribution in [0.25, 0.3) is 0 Å². The van der Waals surface area contributed by atoms with Crippen LogP contribution in [0.2, 0.25) is 0 Å². The average molecular weight is 1080 g/mol. The van der Waals surface area contributed by atoms with Crippen LogP contribution in [0.15, 0.2) is 37.5 Å². The van der Waals surface area contributed by atoms with Gasteiger partial charge in [0.05, 0.1) is 72.9 Å². The average Bonchev–Trinajstić information content (AvgIpc) is 3.17. The molecule has 0 aliphatic heterocycles. The van der Waals surface area contributed by atoms with Crippen molar-refractivity contribution in [2.24, 2.45) is 4.30 Å². The summed E-state index contributed by atoms with van der Waals surface area (Å²) in [5, 5.41) is 0.478. The molecule has 0 amide bonds. The molecule has 3 aromatic rings. The Balaban J connectivity index is 0. The van der Waals surface area contributed by atoms with Gasteiger partial charge < -0.3 is 42.6 Å². The number of hydrogen-bond acceptors (Lipinski definition) is 14. The van der Waals surface area contributed by atoms with E-state index in [2.05, 4.69) is 77.3 Å².